The molecule has 0 radical (unpaired) electrons. The molecule has 1 aliphatic heterocycles. The smallest absolute Gasteiger partial charge is 0.262 e. The highest BCUT2D eigenvalue weighted by Gasteiger charge is 2.42. The standard InChI is InChI=1S/C11H16F2N4O.2ClH/c1-8(6-17-4-2-3-15-17)16-10(18)9-5-11(12,13)7-14-9;;/h2-4,8-9,14H,5-7H2,1H3,(H,16,18);2*1H. The van der Waals surface area contributed by atoms with E-state index in [4.69, 9.17) is 0 Å². The number of halogens is 4. The third-order valence-electron chi connectivity index (χ3n) is 2.84. The fourth-order valence-electron chi connectivity index (χ4n) is 1.98. The first kappa shape index (κ1) is 19.1. The second-order valence-corrected chi connectivity index (χ2v) is 4.63. The van der Waals surface area contributed by atoms with Crippen LogP contribution in [0.1, 0.15) is 13.3 Å². The summed E-state index contributed by atoms with van der Waals surface area (Å²) in [5.74, 6) is -3.17. The van der Waals surface area contributed by atoms with Crippen molar-refractivity contribution in [1.29, 1.82) is 0 Å². The highest BCUT2D eigenvalue weighted by Crippen LogP contribution is 2.25. The highest BCUT2D eigenvalue weighted by molar-refractivity contribution is 5.85. The van der Waals surface area contributed by atoms with Gasteiger partial charge in [0.25, 0.3) is 5.92 Å². The van der Waals surface area contributed by atoms with Gasteiger partial charge in [-0.1, -0.05) is 0 Å². The number of carbonyl (C=O) groups is 1. The number of rotatable bonds is 4. The van der Waals surface area contributed by atoms with Crippen molar-refractivity contribution < 1.29 is 13.6 Å². The molecule has 1 saturated heterocycles. The zero-order valence-electron chi connectivity index (χ0n) is 10.9. The van der Waals surface area contributed by atoms with E-state index in [1.165, 1.54) is 0 Å². The van der Waals surface area contributed by atoms with Crippen LogP contribution in [0.25, 0.3) is 0 Å². The third-order valence-corrected chi connectivity index (χ3v) is 2.84. The second kappa shape index (κ2) is 7.75. The lowest BCUT2D eigenvalue weighted by Crippen LogP contribution is -2.45. The van der Waals surface area contributed by atoms with Gasteiger partial charge in [0.05, 0.1) is 19.1 Å². The molecular formula is C11H18Cl2F2N4O. The van der Waals surface area contributed by atoms with Crippen LogP contribution >= 0.6 is 24.8 Å². The Bertz CT molecular complexity index is 417. The van der Waals surface area contributed by atoms with Gasteiger partial charge >= 0.3 is 0 Å². The average Bonchev–Trinajstić information content (AvgIpc) is 2.87. The van der Waals surface area contributed by atoms with Crippen molar-refractivity contribution in [2.45, 2.75) is 37.9 Å². The molecule has 2 N–H and O–H groups in total. The van der Waals surface area contributed by atoms with Crippen molar-refractivity contribution >= 4 is 30.7 Å². The summed E-state index contributed by atoms with van der Waals surface area (Å²) in [4.78, 5) is 11.7. The van der Waals surface area contributed by atoms with Crippen LogP contribution in [-0.2, 0) is 11.3 Å². The van der Waals surface area contributed by atoms with E-state index in [1.54, 1.807) is 23.1 Å². The number of nitrogens with zero attached hydrogens (tertiary/aromatic N) is 2. The van der Waals surface area contributed by atoms with Crippen molar-refractivity contribution in [2.24, 2.45) is 0 Å². The molecule has 0 saturated carbocycles. The molecule has 0 aliphatic carbocycles. The lowest BCUT2D eigenvalue weighted by molar-refractivity contribution is -0.124. The summed E-state index contributed by atoms with van der Waals surface area (Å²) in [5, 5.41) is 9.24. The Labute approximate surface area is 128 Å². The second-order valence-electron chi connectivity index (χ2n) is 4.63. The molecule has 5 nitrogen and oxygen atoms in total. The van der Waals surface area contributed by atoms with E-state index in [9.17, 15) is 13.6 Å². The van der Waals surface area contributed by atoms with E-state index in [0.717, 1.165) is 0 Å². The predicted molar refractivity (Wildman–Crippen MR) is 75.7 cm³/mol. The number of amides is 1. The van der Waals surface area contributed by atoms with E-state index in [1.807, 2.05) is 6.92 Å². The normalized spacial score (nSPS) is 21.4. The zero-order chi connectivity index (χ0) is 13.2. The topological polar surface area (TPSA) is 59.0 Å². The molecule has 1 fully saturated rings. The van der Waals surface area contributed by atoms with E-state index in [0.29, 0.717) is 6.54 Å². The van der Waals surface area contributed by atoms with Crippen LogP contribution in [0.2, 0.25) is 0 Å². The fourth-order valence-corrected chi connectivity index (χ4v) is 1.98. The van der Waals surface area contributed by atoms with Gasteiger partial charge in [-0.3, -0.25) is 14.8 Å². The van der Waals surface area contributed by atoms with Gasteiger partial charge in [-0.25, -0.2) is 8.78 Å². The minimum Gasteiger partial charge on any atom is -0.350 e. The first-order valence-corrected chi connectivity index (χ1v) is 5.85. The summed E-state index contributed by atoms with van der Waals surface area (Å²) in [6, 6.07) is 0.821. The van der Waals surface area contributed by atoms with Crippen LogP contribution < -0.4 is 10.6 Å². The van der Waals surface area contributed by atoms with E-state index in [-0.39, 0.29) is 36.8 Å². The summed E-state index contributed by atoms with van der Waals surface area (Å²) in [7, 11) is 0. The fraction of sp³-hybridized carbons (Fsp3) is 0.636. The van der Waals surface area contributed by atoms with Crippen molar-refractivity contribution in [3.05, 3.63) is 18.5 Å². The number of carbonyl (C=O) groups excluding carboxylic acids is 1. The largest absolute Gasteiger partial charge is 0.350 e. The minimum absolute atomic E-state index is 0. The molecule has 2 rings (SSSR count). The summed E-state index contributed by atoms with van der Waals surface area (Å²) < 4.78 is 27.6. The lowest BCUT2D eigenvalue weighted by atomic mass is 10.1. The summed E-state index contributed by atoms with van der Waals surface area (Å²) in [5.41, 5.74) is 0. The Morgan fingerprint density at radius 2 is 2.30 bits per heavy atom. The molecule has 2 unspecified atom stereocenters. The monoisotopic (exact) mass is 330 g/mol. The molecule has 2 atom stereocenters. The predicted octanol–water partition coefficient (Wildman–Crippen LogP) is 1.23. The average molecular weight is 331 g/mol. The van der Waals surface area contributed by atoms with Crippen LogP contribution in [0.5, 0.6) is 0 Å². The van der Waals surface area contributed by atoms with Gasteiger partial charge in [0.15, 0.2) is 0 Å². The van der Waals surface area contributed by atoms with Crippen LogP contribution in [-0.4, -0.2) is 40.2 Å². The number of hydrogen-bond donors (Lipinski definition) is 2. The number of alkyl halides is 2. The Morgan fingerprint density at radius 1 is 1.60 bits per heavy atom. The maximum atomic E-state index is 12.9. The van der Waals surface area contributed by atoms with Gasteiger partial charge in [0.1, 0.15) is 0 Å². The summed E-state index contributed by atoms with van der Waals surface area (Å²) >= 11 is 0. The van der Waals surface area contributed by atoms with Gasteiger partial charge in [-0.15, -0.1) is 24.8 Å². The molecule has 2 heterocycles. The van der Waals surface area contributed by atoms with Crippen LogP contribution in [0.4, 0.5) is 8.78 Å². The van der Waals surface area contributed by atoms with Crippen LogP contribution in [0, 0.1) is 0 Å². The minimum atomic E-state index is -2.78. The van der Waals surface area contributed by atoms with E-state index < -0.39 is 24.9 Å². The molecule has 0 bridgehead atoms. The number of hydrogen-bond acceptors (Lipinski definition) is 3. The molecule has 116 valence electrons. The van der Waals surface area contributed by atoms with Gasteiger partial charge in [-0.05, 0) is 13.0 Å². The third kappa shape index (κ3) is 5.22. The van der Waals surface area contributed by atoms with Crippen LogP contribution in [0.3, 0.4) is 0 Å². The van der Waals surface area contributed by atoms with Crippen molar-refractivity contribution in [1.82, 2.24) is 20.4 Å². The maximum Gasteiger partial charge on any atom is 0.262 e. The molecule has 9 heteroatoms. The first-order chi connectivity index (χ1) is 8.46. The summed E-state index contributed by atoms with van der Waals surface area (Å²) in [6.45, 7) is 1.90. The van der Waals surface area contributed by atoms with E-state index >= 15 is 0 Å². The van der Waals surface area contributed by atoms with Gasteiger partial charge in [0.2, 0.25) is 5.91 Å². The zero-order valence-corrected chi connectivity index (χ0v) is 12.5. The number of aromatic nitrogens is 2. The maximum absolute atomic E-state index is 12.9. The quantitative estimate of drug-likeness (QED) is 0.873. The Balaban J connectivity index is 0.00000180. The van der Waals surface area contributed by atoms with Crippen molar-refractivity contribution in [3.63, 3.8) is 0 Å². The number of nitrogens with one attached hydrogen (secondary N) is 2. The van der Waals surface area contributed by atoms with Crippen LogP contribution in [0.15, 0.2) is 18.5 Å². The molecule has 0 spiro atoms. The molecular weight excluding hydrogens is 313 g/mol. The molecule has 1 aromatic rings. The van der Waals surface area contributed by atoms with Gasteiger partial charge < -0.3 is 5.32 Å². The molecule has 20 heavy (non-hydrogen) atoms. The van der Waals surface area contributed by atoms with Crippen molar-refractivity contribution in [3.8, 4) is 0 Å². The Morgan fingerprint density at radius 3 is 2.80 bits per heavy atom. The molecule has 0 aromatic carbocycles. The molecule has 1 aliphatic rings. The van der Waals surface area contributed by atoms with Gasteiger partial charge in [-0.2, -0.15) is 5.10 Å². The Hall–Kier alpha value is -0.920. The lowest BCUT2D eigenvalue weighted by Gasteiger charge is -2.17. The van der Waals surface area contributed by atoms with Crippen molar-refractivity contribution in [2.75, 3.05) is 6.54 Å². The molecule has 1 aromatic heterocycles. The summed E-state index contributed by atoms with van der Waals surface area (Å²) in [6.07, 6.45) is 2.99. The molecule has 1 amide bonds. The highest BCUT2D eigenvalue weighted by atomic mass is 35.5. The SMILES string of the molecule is CC(Cn1cccn1)NC(=O)C1CC(F)(F)CN1.Cl.Cl. The Kier molecular flexibility index (Phi) is 7.40. The van der Waals surface area contributed by atoms with E-state index in [2.05, 4.69) is 15.7 Å². The van der Waals surface area contributed by atoms with Gasteiger partial charge in [0, 0.05) is 24.9 Å². The first-order valence-electron chi connectivity index (χ1n) is 5.85.